The van der Waals surface area contributed by atoms with E-state index in [2.05, 4.69) is 5.32 Å². The number of piperidine rings is 2. The Kier molecular flexibility index (Phi) is 6.73. The molecule has 7 nitrogen and oxygen atoms in total. The first-order valence-electron chi connectivity index (χ1n) is 9.38. The molecule has 0 aromatic carbocycles. The highest BCUT2D eigenvalue weighted by Crippen LogP contribution is 2.26. The molecule has 0 radical (unpaired) electrons. The predicted octanol–water partition coefficient (Wildman–Crippen LogP) is 2.48. The average molecular weight is 376 g/mol. The molecule has 1 N–H and O–H groups in total. The summed E-state index contributed by atoms with van der Waals surface area (Å²) in [5.74, 6) is 0. The van der Waals surface area contributed by atoms with Crippen LogP contribution in [-0.2, 0) is 14.9 Å². The number of nitrogens with zero attached hydrogens (tertiary/aromatic N) is 2. The quantitative estimate of drug-likeness (QED) is 0.819. The first-order valence-corrected chi connectivity index (χ1v) is 10.8. The second-order valence-corrected chi connectivity index (χ2v) is 9.96. The van der Waals surface area contributed by atoms with Gasteiger partial charge in [0.2, 0.25) is 0 Å². The highest BCUT2D eigenvalue weighted by molar-refractivity contribution is 7.86. The molecule has 0 spiro atoms. The fraction of sp³-hybridized carbons (Fsp3) is 0.941. The molecule has 0 aliphatic carbocycles. The van der Waals surface area contributed by atoms with Crippen LogP contribution in [0.1, 0.15) is 66.2 Å². The Morgan fingerprint density at radius 2 is 1.68 bits per heavy atom. The van der Waals surface area contributed by atoms with Gasteiger partial charge in [0.05, 0.1) is 0 Å². The second-order valence-electron chi connectivity index (χ2n) is 8.08. The summed E-state index contributed by atoms with van der Waals surface area (Å²) in [4.78, 5) is 12.1. The van der Waals surface area contributed by atoms with E-state index in [-0.39, 0.29) is 12.1 Å². The van der Waals surface area contributed by atoms with Crippen LogP contribution in [0.4, 0.5) is 4.79 Å². The fourth-order valence-corrected chi connectivity index (χ4v) is 5.56. The van der Waals surface area contributed by atoms with Crippen LogP contribution in [0.5, 0.6) is 0 Å². The lowest BCUT2D eigenvalue weighted by atomic mass is 9.99. The summed E-state index contributed by atoms with van der Waals surface area (Å²) in [5, 5.41) is 2.83. The molecule has 2 saturated heterocycles. The zero-order chi connectivity index (χ0) is 18.7. The highest BCUT2D eigenvalue weighted by Gasteiger charge is 2.39. The summed E-state index contributed by atoms with van der Waals surface area (Å²) in [7, 11) is -3.48. The van der Waals surface area contributed by atoms with Gasteiger partial charge < -0.3 is 10.1 Å². The van der Waals surface area contributed by atoms with Crippen LogP contribution in [0.25, 0.3) is 0 Å². The molecule has 25 heavy (non-hydrogen) atoms. The third-order valence-electron chi connectivity index (χ3n) is 4.76. The van der Waals surface area contributed by atoms with Crippen LogP contribution in [0, 0.1) is 0 Å². The molecule has 0 unspecified atom stereocenters. The summed E-state index contributed by atoms with van der Waals surface area (Å²) in [6.07, 6.45) is 5.02. The number of ether oxygens (including phenoxy) is 1. The Morgan fingerprint density at radius 1 is 1.08 bits per heavy atom. The summed E-state index contributed by atoms with van der Waals surface area (Å²) in [6.45, 7) is 9.00. The minimum atomic E-state index is -3.48. The molecule has 2 heterocycles. The summed E-state index contributed by atoms with van der Waals surface area (Å²) < 4.78 is 34.7. The Labute approximate surface area is 152 Å². The van der Waals surface area contributed by atoms with E-state index < -0.39 is 21.9 Å². The number of carbonyl (C=O) groups excluding carboxylic acids is 1. The van der Waals surface area contributed by atoms with Crippen molar-refractivity contribution in [3.05, 3.63) is 0 Å². The number of nitrogens with one attached hydrogen (secondary N) is 1. The predicted molar refractivity (Wildman–Crippen MR) is 97.5 cm³/mol. The molecule has 1 amide bonds. The van der Waals surface area contributed by atoms with Gasteiger partial charge in [-0.25, -0.2) is 4.79 Å². The molecule has 0 bridgehead atoms. The van der Waals surface area contributed by atoms with Crippen molar-refractivity contribution >= 4 is 16.3 Å². The van der Waals surface area contributed by atoms with Crippen LogP contribution in [0.3, 0.4) is 0 Å². The molecule has 0 aromatic rings. The molecule has 2 aliphatic rings. The SMILES string of the molecule is C[C@@H](NC(=O)OC(C)(C)C)[C@H]1CCCCN1S(=O)(=O)N1CCCCC1. The molecule has 0 saturated carbocycles. The van der Waals surface area contributed by atoms with Crippen molar-refractivity contribution in [3.8, 4) is 0 Å². The third-order valence-corrected chi connectivity index (χ3v) is 6.82. The van der Waals surface area contributed by atoms with Gasteiger partial charge in [0.15, 0.2) is 0 Å². The zero-order valence-corrected chi connectivity index (χ0v) is 16.8. The number of alkyl carbamates (subject to hydrolysis) is 1. The van der Waals surface area contributed by atoms with Gasteiger partial charge in [-0.15, -0.1) is 0 Å². The topological polar surface area (TPSA) is 79.0 Å². The summed E-state index contributed by atoms with van der Waals surface area (Å²) >= 11 is 0. The van der Waals surface area contributed by atoms with Gasteiger partial charge in [-0.3, -0.25) is 0 Å². The van der Waals surface area contributed by atoms with Crippen LogP contribution >= 0.6 is 0 Å². The standard InChI is InChI=1S/C17H33N3O4S/c1-14(18-16(21)24-17(2,3)4)15-10-6-9-13-20(15)25(22,23)19-11-7-5-8-12-19/h14-15H,5-13H2,1-4H3,(H,18,21)/t14-,15-/m1/s1. The maximum atomic E-state index is 13.1. The lowest BCUT2D eigenvalue weighted by Gasteiger charge is -2.41. The lowest BCUT2D eigenvalue weighted by Crippen LogP contribution is -2.58. The highest BCUT2D eigenvalue weighted by atomic mass is 32.2. The number of hydrogen-bond acceptors (Lipinski definition) is 4. The molecule has 0 aromatic heterocycles. The monoisotopic (exact) mass is 375 g/mol. The summed E-state index contributed by atoms with van der Waals surface area (Å²) in [6, 6.07) is -0.525. The minimum Gasteiger partial charge on any atom is -0.444 e. The van der Waals surface area contributed by atoms with E-state index in [1.807, 2.05) is 27.7 Å². The zero-order valence-electron chi connectivity index (χ0n) is 16.0. The van der Waals surface area contributed by atoms with Gasteiger partial charge in [0.25, 0.3) is 10.2 Å². The Morgan fingerprint density at radius 3 is 2.28 bits per heavy atom. The van der Waals surface area contributed by atoms with Crippen molar-refractivity contribution in [3.63, 3.8) is 0 Å². The molecule has 2 rings (SSSR count). The third kappa shape index (κ3) is 5.56. The Bertz CT molecular complexity index is 553. The van der Waals surface area contributed by atoms with Crippen molar-refractivity contribution in [1.29, 1.82) is 0 Å². The molecule has 2 aliphatic heterocycles. The molecule has 146 valence electrons. The number of rotatable bonds is 4. The van der Waals surface area contributed by atoms with Gasteiger partial charge in [-0.2, -0.15) is 17.0 Å². The van der Waals surface area contributed by atoms with E-state index in [1.165, 1.54) is 0 Å². The average Bonchev–Trinajstić information content (AvgIpc) is 2.53. The molecule has 2 atom stereocenters. The van der Waals surface area contributed by atoms with E-state index in [4.69, 9.17) is 4.74 Å². The van der Waals surface area contributed by atoms with Crippen molar-refractivity contribution in [2.24, 2.45) is 0 Å². The van der Waals surface area contributed by atoms with Crippen LogP contribution in [-0.4, -0.2) is 60.4 Å². The minimum absolute atomic E-state index is 0.229. The molecular weight excluding hydrogens is 342 g/mol. The van der Waals surface area contributed by atoms with Crippen LogP contribution < -0.4 is 5.32 Å². The van der Waals surface area contributed by atoms with Crippen molar-refractivity contribution < 1.29 is 17.9 Å². The maximum Gasteiger partial charge on any atom is 0.407 e. The van der Waals surface area contributed by atoms with Crippen LogP contribution in [0.15, 0.2) is 0 Å². The van der Waals surface area contributed by atoms with E-state index in [0.717, 1.165) is 38.5 Å². The van der Waals surface area contributed by atoms with Crippen LogP contribution in [0.2, 0.25) is 0 Å². The van der Waals surface area contributed by atoms with Crippen molar-refractivity contribution in [2.45, 2.75) is 83.9 Å². The van der Waals surface area contributed by atoms with Gasteiger partial charge in [0, 0.05) is 31.7 Å². The molecular formula is C17H33N3O4S. The number of carbonyl (C=O) groups is 1. The van der Waals surface area contributed by atoms with E-state index in [0.29, 0.717) is 19.6 Å². The number of hydrogen-bond donors (Lipinski definition) is 1. The Balaban J connectivity index is 2.07. The first-order chi connectivity index (χ1) is 11.6. The first kappa shape index (κ1) is 20.5. The van der Waals surface area contributed by atoms with E-state index in [9.17, 15) is 13.2 Å². The van der Waals surface area contributed by atoms with Gasteiger partial charge >= 0.3 is 6.09 Å². The van der Waals surface area contributed by atoms with Gasteiger partial charge in [0.1, 0.15) is 5.60 Å². The molecule has 8 heteroatoms. The molecule has 2 fully saturated rings. The smallest absolute Gasteiger partial charge is 0.407 e. The van der Waals surface area contributed by atoms with Crippen molar-refractivity contribution in [1.82, 2.24) is 13.9 Å². The number of amides is 1. The fourth-order valence-electron chi connectivity index (χ4n) is 3.55. The summed E-state index contributed by atoms with van der Waals surface area (Å²) in [5.41, 5.74) is -0.573. The van der Waals surface area contributed by atoms with Crippen molar-refractivity contribution in [2.75, 3.05) is 19.6 Å². The second kappa shape index (κ2) is 8.22. The maximum absolute atomic E-state index is 13.1. The van der Waals surface area contributed by atoms with Gasteiger partial charge in [-0.1, -0.05) is 12.8 Å². The largest absolute Gasteiger partial charge is 0.444 e. The van der Waals surface area contributed by atoms with E-state index >= 15 is 0 Å². The van der Waals surface area contributed by atoms with Gasteiger partial charge in [-0.05, 0) is 53.4 Å². The lowest BCUT2D eigenvalue weighted by molar-refractivity contribution is 0.0476. The Hall–Kier alpha value is -0.860. The normalized spacial score (nSPS) is 25.4. The van der Waals surface area contributed by atoms with E-state index in [1.54, 1.807) is 8.61 Å².